The summed E-state index contributed by atoms with van der Waals surface area (Å²) in [7, 11) is -1.28. The van der Waals surface area contributed by atoms with E-state index >= 15 is 0 Å². The number of unbranched alkanes of at least 4 members (excludes halogenated alkanes) is 10. The number of aryl methyl sites for hydroxylation is 2. The lowest BCUT2D eigenvalue weighted by atomic mass is 9.96. The Morgan fingerprint density at radius 3 is 1.69 bits per heavy atom. The SMILES string of the molecule is C[Si](C)OC1O[C@H](COC(C)(C)C)[C@@H](O)[C@H](OC(=O)CCCCCCCCc2ccc3ccccc3c2)[C@H]1NC(=O)CCCCCCCCc1ccc2ccccc2c1. The van der Waals surface area contributed by atoms with E-state index in [9.17, 15) is 14.7 Å². The van der Waals surface area contributed by atoms with Gasteiger partial charge in [-0.3, -0.25) is 9.59 Å². The smallest absolute Gasteiger partial charge is 0.306 e. The zero-order valence-corrected chi connectivity index (χ0v) is 37.4. The lowest BCUT2D eigenvalue weighted by Gasteiger charge is -2.45. The van der Waals surface area contributed by atoms with Crippen LogP contribution in [0.1, 0.15) is 122 Å². The molecule has 0 spiro atoms. The Labute approximate surface area is 355 Å². The van der Waals surface area contributed by atoms with Crippen LogP contribution in [0.2, 0.25) is 13.1 Å². The molecule has 1 amide bonds. The first kappa shape index (κ1) is 46.5. The van der Waals surface area contributed by atoms with E-state index < -0.39 is 45.3 Å². The number of aliphatic hydroxyl groups is 1. The predicted molar refractivity (Wildman–Crippen MR) is 241 cm³/mol. The van der Waals surface area contributed by atoms with Gasteiger partial charge < -0.3 is 29.1 Å². The van der Waals surface area contributed by atoms with Gasteiger partial charge in [0, 0.05) is 12.8 Å². The van der Waals surface area contributed by atoms with Gasteiger partial charge in [0.05, 0.1) is 12.2 Å². The first-order chi connectivity index (χ1) is 28.4. The van der Waals surface area contributed by atoms with Crippen LogP contribution in [-0.4, -0.2) is 68.9 Å². The molecule has 1 unspecified atom stereocenters. The van der Waals surface area contributed by atoms with Crippen LogP contribution in [0, 0.1) is 0 Å². The van der Waals surface area contributed by atoms with Crippen LogP contribution >= 0.6 is 0 Å². The van der Waals surface area contributed by atoms with Crippen molar-refractivity contribution in [2.75, 3.05) is 6.61 Å². The molecule has 4 aromatic carbocycles. The van der Waals surface area contributed by atoms with E-state index in [0.29, 0.717) is 12.8 Å². The van der Waals surface area contributed by atoms with Gasteiger partial charge in [-0.2, -0.15) is 0 Å². The van der Waals surface area contributed by atoms with Gasteiger partial charge in [0.1, 0.15) is 18.2 Å². The number of carbonyl (C=O) groups excluding carboxylic acids is 2. The second kappa shape index (κ2) is 24.0. The van der Waals surface area contributed by atoms with Gasteiger partial charge in [-0.15, -0.1) is 0 Å². The summed E-state index contributed by atoms with van der Waals surface area (Å²) >= 11 is 0. The fraction of sp³-hybridized carbons (Fsp3) is 0.560. The van der Waals surface area contributed by atoms with Gasteiger partial charge in [0.2, 0.25) is 14.9 Å². The van der Waals surface area contributed by atoms with Crippen LogP contribution in [-0.2, 0) is 41.1 Å². The summed E-state index contributed by atoms with van der Waals surface area (Å²) in [6.45, 7) is 9.89. The van der Waals surface area contributed by atoms with Crippen molar-refractivity contribution in [3.8, 4) is 0 Å². The topological polar surface area (TPSA) is 103 Å². The van der Waals surface area contributed by atoms with Crippen molar-refractivity contribution >= 4 is 42.5 Å². The minimum Gasteiger partial charge on any atom is -0.457 e. The Bertz CT molecular complexity index is 1880. The number of rotatable bonds is 24. The summed E-state index contributed by atoms with van der Waals surface area (Å²) < 4.78 is 24.6. The quantitative estimate of drug-likeness (QED) is 0.0412. The number of nitrogens with one attached hydrogen (secondary N) is 1. The largest absolute Gasteiger partial charge is 0.457 e. The fourth-order valence-electron chi connectivity index (χ4n) is 7.90. The third-order valence-electron chi connectivity index (χ3n) is 11.1. The molecule has 4 aromatic rings. The predicted octanol–water partition coefficient (Wildman–Crippen LogP) is 10.8. The molecule has 321 valence electrons. The summed E-state index contributed by atoms with van der Waals surface area (Å²) in [6, 6.07) is 29.6. The monoisotopic (exact) mass is 824 g/mol. The molecule has 8 nitrogen and oxygen atoms in total. The van der Waals surface area contributed by atoms with E-state index in [-0.39, 0.29) is 24.9 Å². The highest BCUT2D eigenvalue weighted by Gasteiger charge is 2.49. The number of aliphatic hydroxyl groups excluding tert-OH is 1. The van der Waals surface area contributed by atoms with Crippen LogP contribution in [0.15, 0.2) is 84.9 Å². The molecule has 5 rings (SSSR count). The first-order valence-corrected chi connectivity index (χ1v) is 24.7. The average molecular weight is 825 g/mol. The highest BCUT2D eigenvalue weighted by Crippen LogP contribution is 2.28. The van der Waals surface area contributed by atoms with Crippen molar-refractivity contribution in [1.29, 1.82) is 0 Å². The van der Waals surface area contributed by atoms with Crippen molar-refractivity contribution < 1.29 is 33.3 Å². The Morgan fingerprint density at radius 1 is 0.678 bits per heavy atom. The third kappa shape index (κ3) is 16.1. The molecule has 1 aliphatic rings. The average Bonchev–Trinajstić information content (AvgIpc) is 3.21. The number of carbonyl (C=O) groups is 2. The van der Waals surface area contributed by atoms with E-state index in [4.69, 9.17) is 18.6 Å². The molecule has 5 atom stereocenters. The number of esters is 1. The van der Waals surface area contributed by atoms with E-state index in [1.165, 1.54) is 32.7 Å². The van der Waals surface area contributed by atoms with Crippen LogP contribution in [0.5, 0.6) is 0 Å². The van der Waals surface area contributed by atoms with Crippen LogP contribution in [0.4, 0.5) is 0 Å². The van der Waals surface area contributed by atoms with Crippen LogP contribution in [0.3, 0.4) is 0 Å². The molecular weight excluding hydrogens is 755 g/mol. The van der Waals surface area contributed by atoms with E-state index in [0.717, 1.165) is 83.5 Å². The van der Waals surface area contributed by atoms with Crippen molar-refractivity contribution in [2.24, 2.45) is 0 Å². The standard InChI is InChI=1S/C50H70NO7Si/c1-50(2,3)55-36-43-47(54)48(57-45(53)29-17-13-9-7-11-15-23-38-31-33-40-25-19-21-27-42(40)35-38)46(49(56-43)58-59(4)5)51-44(52)28-16-12-8-6-10-14-22-37-30-32-39-24-18-20-26-41(39)34-37/h18-21,24-27,30-35,43,46-49,54H,6-17,22-23,28-29,36H2,1-5H3,(H,51,52)/t43-,46-,47-,48-,49?/m1/s1. The third-order valence-corrected chi connectivity index (χ3v) is 11.8. The number of hydrogen-bond acceptors (Lipinski definition) is 7. The zero-order chi connectivity index (χ0) is 42.0. The maximum Gasteiger partial charge on any atom is 0.306 e. The second-order valence-electron chi connectivity index (χ2n) is 17.6. The lowest BCUT2D eigenvalue weighted by molar-refractivity contribution is -0.259. The van der Waals surface area contributed by atoms with Gasteiger partial charge >= 0.3 is 5.97 Å². The molecule has 0 aliphatic carbocycles. The van der Waals surface area contributed by atoms with Gasteiger partial charge in [-0.05, 0) is 105 Å². The number of ether oxygens (including phenoxy) is 3. The minimum atomic E-state index is -1.28. The molecule has 1 aliphatic heterocycles. The van der Waals surface area contributed by atoms with Crippen molar-refractivity contribution in [1.82, 2.24) is 5.32 Å². The molecule has 2 N–H and O–H groups in total. The molecule has 0 saturated carbocycles. The maximum absolute atomic E-state index is 13.4. The molecule has 9 heteroatoms. The van der Waals surface area contributed by atoms with Gasteiger partial charge in [-0.1, -0.05) is 136 Å². The Balaban J connectivity index is 1.05. The minimum absolute atomic E-state index is 0.0951. The molecule has 0 bridgehead atoms. The molecule has 1 radical (unpaired) electrons. The summed E-state index contributed by atoms with van der Waals surface area (Å²) in [5.74, 6) is -0.553. The number of hydrogen-bond donors (Lipinski definition) is 2. The Morgan fingerprint density at radius 2 is 1.17 bits per heavy atom. The van der Waals surface area contributed by atoms with E-state index in [1.807, 2.05) is 33.9 Å². The zero-order valence-electron chi connectivity index (χ0n) is 36.4. The normalized spacial score (nSPS) is 19.7. The van der Waals surface area contributed by atoms with Crippen molar-refractivity contribution in [2.45, 2.75) is 173 Å². The van der Waals surface area contributed by atoms with Crippen molar-refractivity contribution in [3.05, 3.63) is 96.1 Å². The summed E-state index contributed by atoms with van der Waals surface area (Å²) in [6.07, 6.45) is 11.2. The summed E-state index contributed by atoms with van der Waals surface area (Å²) in [5.41, 5.74) is 2.29. The van der Waals surface area contributed by atoms with Gasteiger partial charge in [-0.25, -0.2) is 0 Å². The first-order valence-electron chi connectivity index (χ1n) is 22.3. The van der Waals surface area contributed by atoms with E-state index in [2.05, 4.69) is 90.2 Å². The molecule has 0 aromatic heterocycles. The summed E-state index contributed by atoms with van der Waals surface area (Å²) in [4.78, 5) is 26.7. The number of fused-ring (bicyclic) bond motifs is 2. The molecule has 59 heavy (non-hydrogen) atoms. The Kier molecular flexibility index (Phi) is 18.9. The van der Waals surface area contributed by atoms with Crippen molar-refractivity contribution in [3.63, 3.8) is 0 Å². The number of amides is 1. The van der Waals surface area contributed by atoms with Crippen LogP contribution < -0.4 is 5.32 Å². The fourth-order valence-corrected chi connectivity index (χ4v) is 8.56. The van der Waals surface area contributed by atoms with Crippen LogP contribution in [0.25, 0.3) is 21.5 Å². The molecular formula is C50H70NO7Si. The lowest BCUT2D eigenvalue weighted by Crippen LogP contribution is -2.66. The summed E-state index contributed by atoms with van der Waals surface area (Å²) in [5, 5.41) is 19.8. The maximum atomic E-state index is 13.4. The Hall–Kier alpha value is -3.60. The molecule has 1 saturated heterocycles. The van der Waals surface area contributed by atoms with Gasteiger partial charge in [0.25, 0.3) is 0 Å². The second-order valence-corrected chi connectivity index (χ2v) is 19.7. The highest BCUT2D eigenvalue weighted by atomic mass is 28.3. The van der Waals surface area contributed by atoms with E-state index in [1.54, 1.807) is 0 Å². The molecule has 1 fully saturated rings. The number of benzene rings is 4. The highest BCUT2D eigenvalue weighted by molar-refractivity contribution is 6.48. The van der Waals surface area contributed by atoms with Gasteiger partial charge in [0.15, 0.2) is 12.4 Å². The molecule has 1 heterocycles.